The maximum atomic E-state index is 12.1. The van der Waals surface area contributed by atoms with Crippen molar-refractivity contribution < 1.29 is 19.2 Å². The quantitative estimate of drug-likeness (QED) is 0.905. The fourth-order valence-electron chi connectivity index (χ4n) is 2.25. The van der Waals surface area contributed by atoms with Gasteiger partial charge in [-0.2, -0.15) is 0 Å². The number of anilines is 1. The van der Waals surface area contributed by atoms with Gasteiger partial charge in [-0.1, -0.05) is 5.16 Å². The molecule has 0 radical (unpaired) electrons. The van der Waals surface area contributed by atoms with Crippen molar-refractivity contribution in [3.8, 4) is 11.5 Å². The fraction of sp³-hybridized carbons (Fsp3) is 0.286. The highest BCUT2D eigenvalue weighted by molar-refractivity contribution is 5.98. The van der Waals surface area contributed by atoms with Crippen molar-refractivity contribution in [3.05, 3.63) is 35.2 Å². The van der Waals surface area contributed by atoms with Crippen molar-refractivity contribution >= 4 is 11.6 Å². The number of aryl methyl sites for hydroxylation is 2. The van der Waals surface area contributed by atoms with Crippen molar-refractivity contribution in [2.75, 3.05) is 11.5 Å². The Labute approximate surface area is 115 Å². The van der Waals surface area contributed by atoms with E-state index < -0.39 is 0 Å². The summed E-state index contributed by atoms with van der Waals surface area (Å²) in [5.41, 5.74) is 2.18. The molecule has 0 saturated carbocycles. The Bertz CT molecular complexity index is 658. The Hall–Kier alpha value is -2.50. The smallest absolute Gasteiger partial charge is 0.265 e. The molecule has 1 aromatic heterocycles. The molecular formula is C14H14N2O4. The zero-order valence-corrected chi connectivity index (χ0v) is 11.2. The van der Waals surface area contributed by atoms with Crippen LogP contribution in [0.2, 0.25) is 0 Å². The van der Waals surface area contributed by atoms with Crippen LogP contribution in [0.25, 0.3) is 0 Å². The minimum Gasteiger partial charge on any atom is -0.508 e. The van der Waals surface area contributed by atoms with Crippen LogP contribution in [0.1, 0.15) is 17.0 Å². The highest BCUT2D eigenvalue weighted by Crippen LogP contribution is 2.36. The topological polar surface area (TPSA) is 75.8 Å². The molecule has 1 aromatic carbocycles. The number of phenols is 1. The summed E-state index contributed by atoms with van der Waals surface area (Å²) in [4.78, 5) is 13.7. The number of hydrogen-bond acceptors (Lipinski definition) is 5. The number of ether oxygens (including phenoxy) is 1. The van der Waals surface area contributed by atoms with Crippen molar-refractivity contribution in [2.24, 2.45) is 0 Å². The predicted octanol–water partition coefficient (Wildman–Crippen LogP) is 1.92. The maximum Gasteiger partial charge on any atom is 0.265 e. The minimum atomic E-state index is -0.164. The number of benzene rings is 1. The first kappa shape index (κ1) is 12.5. The molecule has 1 amide bonds. The number of aromatic nitrogens is 1. The molecule has 3 rings (SSSR count). The molecule has 2 heterocycles. The minimum absolute atomic E-state index is 0.0127. The Kier molecular flexibility index (Phi) is 2.85. The third-order valence-electron chi connectivity index (χ3n) is 3.38. The summed E-state index contributed by atoms with van der Waals surface area (Å²) in [6.07, 6.45) is 0. The van der Waals surface area contributed by atoms with Gasteiger partial charge in [-0.15, -0.1) is 0 Å². The number of hydrogen-bond donors (Lipinski definition) is 1. The van der Waals surface area contributed by atoms with E-state index in [4.69, 9.17) is 9.26 Å². The molecule has 1 aliphatic rings. The molecule has 0 bridgehead atoms. The Morgan fingerprint density at radius 2 is 2.20 bits per heavy atom. The molecule has 104 valence electrons. The van der Waals surface area contributed by atoms with Gasteiger partial charge in [-0.05, 0) is 26.0 Å². The van der Waals surface area contributed by atoms with Gasteiger partial charge in [0.1, 0.15) is 17.3 Å². The van der Waals surface area contributed by atoms with Crippen LogP contribution in [0.3, 0.4) is 0 Å². The molecule has 0 spiro atoms. The summed E-state index contributed by atoms with van der Waals surface area (Å²) in [7, 11) is 0. The number of fused-ring (bicyclic) bond motifs is 1. The molecule has 0 fully saturated rings. The second-order valence-electron chi connectivity index (χ2n) is 4.72. The molecule has 0 saturated heterocycles. The van der Waals surface area contributed by atoms with E-state index in [1.54, 1.807) is 11.0 Å². The second kappa shape index (κ2) is 4.56. The lowest BCUT2D eigenvalue weighted by Crippen LogP contribution is -2.38. The van der Waals surface area contributed by atoms with Gasteiger partial charge in [-0.3, -0.25) is 4.79 Å². The molecule has 6 nitrogen and oxygen atoms in total. The summed E-state index contributed by atoms with van der Waals surface area (Å²) >= 11 is 0. The van der Waals surface area contributed by atoms with Gasteiger partial charge >= 0.3 is 0 Å². The normalized spacial score (nSPS) is 14.1. The molecule has 20 heavy (non-hydrogen) atoms. The van der Waals surface area contributed by atoms with Crippen LogP contribution in [0.5, 0.6) is 11.5 Å². The average molecular weight is 274 g/mol. The van der Waals surface area contributed by atoms with Crippen molar-refractivity contribution in [3.63, 3.8) is 0 Å². The van der Waals surface area contributed by atoms with Crippen LogP contribution < -0.4 is 9.64 Å². The largest absolute Gasteiger partial charge is 0.508 e. The Morgan fingerprint density at radius 3 is 2.90 bits per heavy atom. The summed E-state index contributed by atoms with van der Waals surface area (Å²) < 4.78 is 10.5. The monoisotopic (exact) mass is 274 g/mol. The van der Waals surface area contributed by atoms with E-state index in [2.05, 4.69) is 5.16 Å². The van der Waals surface area contributed by atoms with Gasteiger partial charge in [0.25, 0.3) is 5.91 Å². The molecule has 2 aromatic rings. The number of carbonyl (C=O) groups is 1. The lowest BCUT2D eigenvalue weighted by molar-refractivity contribution is -0.121. The SMILES string of the molecule is Cc1noc(C)c1CN1C(=O)COc2ccc(O)cc21. The van der Waals surface area contributed by atoms with Crippen LogP contribution >= 0.6 is 0 Å². The van der Waals surface area contributed by atoms with Gasteiger partial charge in [0.05, 0.1) is 17.9 Å². The number of nitrogens with zero attached hydrogens (tertiary/aromatic N) is 2. The van der Waals surface area contributed by atoms with E-state index in [0.717, 1.165) is 11.3 Å². The van der Waals surface area contributed by atoms with Gasteiger partial charge in [0.2, 0.25) is 0 Å². The van der Waals surface area contributed by atoms with E-state index in [-0.39, 0.29) is 18.3 Å². The first-order chi connectivity index (χ1) is 9.56. The second-order valence-corrected chi connectivity index (χ2v) is 4.72. The number of rotatable bonds is 2. The molecule has 6 heteroatoms. The standard InChI is InChI=1S/C14H14N2O4/c1-8-11(9(2)20-15-8)6-16-12-5-10(17)3-4-13(12)19-7-14(16)18/h3-5,17H,6-7H2,1-2H3. The van der Waals surface area contributed by atoms with E-state index in [0.29, 0.717) is 23.7 Å². The molecule has 0 atom stereocenters. The van der Waals surface area contributed by atoms with E-state index in [1.807, 2.05) is 13.8 Å². The van der Waals surface area contributed by atoms with Gasteiger partial charge in [0.15, 0.2) is 6.61 Å². The fourth-order valence-corrected chi connectivity index (χ4v) is 2.25. The summed E-state index contributed by atoms with van der Waals surface area (Å²) in [5.74, 6) is 1.19. The highest BCUT2D eigenvalue weighted by Gasteiger charge is 2.27. The van der Waals surface area contributed by atoms with Crippen molar-refractivity contribution in [1.82, 2.24) is 5.16 Å². The summed E-state index contributed by atoms with van der Waals surface area (Å²) in [6, 6.07) is 4.70. The number of aromatic hydroxyl groups is 1. The van der Waals surface area contributed by atoms with Crippen molar-refractivity contribution in [2.45, 2.75) is 20.4 Å². The molecule has 0 unspecified atom stereocenters. The first-order valence-electron chi connectivity index (χ1n) is 6.24. The van der Waals surface area contributed by atoms with Crippen LogP contribution in [0.15, 0.2) is 22.7 Å². The first-order valence-corrected chi connectivity index (χ1v) is 6.24. The van der Waals surface area contributed by atoms with E-state index in [9.17, 15) is 9.90 Å². The molecule has 0 aliphatic carbocycles. The van der Waals surface area contributed by atoms with Gasteiger partial charge in [-0.25, -0.2) is 0 Å². The number of amides is 1. The van der Waals surface area contributed by atoms with Crippen LogP contribution in [-0.2, 0) is 11.3 Å². The average Bonchev–Trinajstić information content (AvgIpc) is 2.73. The van der Waals surface area contributed by atoms with E-state index in [1.165, 1.54) is 12.1 Å². The van der Waals surface area contributed by atoms with E-state index >= 15 is 0 Å². The maximum absolute atomic E-state index is 12.1. The highest BCUT2D eigenvalue weighted by atomic mass is 16.5. The Balaban J connectivity index is 2.01. The van der Waals surface area contributed by atoms with Gasteiger partial charge in [0, 0.05) is 11.6 Å². The molecule has 1 aliphatic heterocycles. The third kappa shape index (κ3) is 1.99. The van der Waals surface area contributed by atoms with Crippen LogP contribution in [-0.4, -0.2) is 22.8 Å². The predicted molar refractivity (Wildman–Crippen MR) is 70.8 cm³/mol. The Morgan fingerprint density at radius 1 is 1.40 bits per heavy atom. The molecular weight excluding hydrogens is 260 g/mol. The zero-order chi connectivity index (χ0) is 14.3. The summed E-state index contributed by atoms with van der Waals surface area (Å²) in [6.45, 7) is 3.98. The molecule has 1 N–H and O–H groups in total. The summed E-state index contributed by atoms with van der Waals surface area (Å²) in [5, 5.41) is 13.5. The van der Waals surface area contributed by atoms with Crippen LogP contribution in [0.4, 0.5) is 5.69 Å². The third-order valence-corrected chi connectivity index (χ3v) is 3.38. The number of phenolic OH excluding ortho intramolecular Hbond substituents is 1. The zero-order valence-electron chi connectivity index (χ0n) is 11.2. The van der Waals surface area contributed by atoms with Crippen LogP contribution in [0, 0.1) is 13.8 Å². The number of carbonyl (C=O) groups excluding carboxylic acids is 1. The lowest BCUT2D eigenvalue weighted by atomic mass is 10.1. The lowest BCUT2D eigenvalue weighted by Gasteiger charge is -2.29. The van der Waals surface area contributed by atoms with Gasteiger partial charge < -0.3 is 19.3 Å². The van der Waals surface area contributed by atoms with Crippen molar-refractivity contribution in [1.29, 1.82) is 0 Å².